The van der Waals surface area contributed by atoms with Gasteiger partial charge in [0.05, 0.1) is 0 Å². The Kier molecular flexibility index (Phi) is 6.89. The summed E-state index contributed by atoms with van der Waals surface area (Å²) in [6.45, 7) is 2.90. The molecule has 4 rings (SSSR count). The van der Waals surface area contributed by atoms with Crippen molar-refractivity contribution in [2.75, 3.05) is 19.6 Å². The molecule has 0 saturated carbocycles. The summed E-state index contributed by atoms with van der Waals surface area (Å²) in [6.07, 6.45) is 6.51. The van der Waals surface area contributed by atoms with Crippen LogP contribution in [0.4, 0.5) is 0 Å². The number of aromatic nitrogens is 3. The first-order chi connectivity index (χ1) is 15.2. The number of pyridine rings is 1. The quantitative estimate of drug-likeness (QED) is 0.667. The Bertz CT molecular complexity index is 974. The van der Waals surface area contributed by atoms with Crippen LogP contribution in [0.2, 0.25) is 0 Å². The summed E-state index contributed by atoms with van der Waals surface area (Å²) in [7, 11) is 0. The Hall–Kier alpha value is -3.26. The number of nitrogens with zero attached hydrogens (tertiary/aromatic N) is 4. The molecular formula is C23H27N5O3. The van der Waals surface area contributed by atoms with Crippen LogP contribution >= 0.6 is 0 Å². The molecule has 1 amide bonds. The van der Waals surface area contributed by atoms with E-state index in [-0.39, 0.29) is 17.6 Å². The Balaban J connectivity index is 1.43. The third kappa shape index (κ3) is 5.88. The average molecular weight is 422 g/mol. The topological polar surface area (TPSA) is 104 Å². The first-order valence-electron chi connectivity index (χ1n) is 10.7. The molecule has 2 aromatic heterocycles. The molecule has 162 valence electrons. The van der Waals surface area contributed by atoms with Crippen LogP contribution in [0.1, 0.15) is 43.1 Å². The van der Waals surface area contributed by atoms with Gasteiger partial charge in [0.2, 0.25) is 17.6 Å². The van der Waals surface area contributed by atoms with E-state index >= 15 is 0 Å². The van der Waals surface area contributed by atoms with Crippen LogP contribution in [0.15, 0.2) is 53.3 Å². The third-order valence-electron chi connectivity index (χ3n) is 5.55. The van der Waals surface area contributed by atoms with Gasteiger partial charge in [-0.3, -0.25) is 14.7 Å². The van der Waals surface area contributed by atoms with Crippen molar-refractivity contribution in [2.45, 2.75) is 38.1 Å². The zero-order valence-corrected chi connectivity index (χ0v) is 17.4. The smallest absolute Gasteiger partial charge is 0.230 e. The molecular weight excluding hydrogens is 394 g/mol. The molecule has 1 atom stereocenters. The van der Waals surface area contributed by atoms with Crippen molar-refractivity contribution in [1.29, 1.82) is 0 Å². The maximum Gasteiger partial charge on any atom is 0.230 e. The van der Waals surface area contributed by atoms with Gasteiger partial charge in [-0.1, -0.05) is 17.3 Å². The molecule has 8 heteroatoms. The van der Waals surface area contributed by atoms with Gasteiger partial charge in [-0.2, -0.15) is 4.98 Å². The van der Waals surface area contributed by atoms with Crippen molar-refractivity contribution in [3.8, 4) is 17.1 Å². The summed E-state index contributed by atoms with van der Waals surface area (Å²) in [5, 5.41) is 16.6. The first-order valence-corrected chi connectivity index (χ1v) is 10.7. The Morgan fingerprint density at radius 1 is 1.16 bits per heavy atom. The summed E-state index contributed by atoms with van der Waals surface area (Å²) in [6, 6.07) is 11.0. The molecule has 1 aliphatic heterocycles. The maximum absolute atomic E-state index is 12.3. The first kappa shape index (κ1) is 21.0. The minimum Gasteiger partial charge on any atom is -0.508 e. The molecule has 1 unspecified atom stereocenters. The van der Waals surface area contributed by atoms with Crippen molar-refractivity contribution in [3.05, 3.63) is 60.2 Å². The second-order valence-corrected chi connectivity index (χ2v) is 7.87. The van der Waals surface area contributed by atoms with Gasteiger partial charge in [-0.15, -0.1) is 0 Å². The standard InChI is InChI=1S/C23H27N5O3/c29-20-7-5-17(6-8-20)16-28-13-2-4-18(9-12-25-21(30)10-14-28)23-26-22(27-31-23)19-3-1-11-24-15-19/h1,3,5-8,11,15,18,29H,2,4,9-10,12-14,16H2,(H,25,30). The van der Waals surface area contributed by atoms with Gasteiger partial charge in [0.15, 0.2) is 0 Å². The SMILES string of the molecule is O=C1CCN(Cc2ccc(O)cc2)CCCC(c2nc(-c3cccnc3)no2)CCN1. The van der Waals surface area contributed by atoms with E-state index in [0.29, 0.717) is 31.2 Å². The lowest BCUT2D eigenvalue weighted by Gasteiger charge is -2.22. The molecule has 31 heavy (non-hydrogen) atoms. The van der Waals surface area contributed by atoms with Crippen molar-refractivity contribution in [3.63, 3.8) is 0 Å². The Labute approximate surface area is 181 Å². The van der Waals surface area contributed by atoms with Crippen molar-refractivity contribution in [2.24, 2.45) is 0 Å². The van der Waals surface area contributed by atoms with Gasteiger partial charge in [0, 0.05) is 49.9 Å². The number of aromatic hydroxyl groups is 1. The summed E-state index contributed by atoms with van der Waals surface area (Å²) in [4.78, 5) is 23.3. The predicted molar refractivity (Wildman–Crippen MR) is 115 cm³/mol. The number of phenols is 1. The monoisotopic (exact) mass is 421 g/mol. The second kappa shape index (κ2) is 10.2. The van der Waals surface area contributed by atoms with Gasteiger partial charge in [0.25, 0.3) is 0 Å². The third-order valence-corrected chi connectivity index (χ3v) is 5.55. The highest BCUT2D eigenvalue weighted by Crippen LogP contribution is 2.26. The van der Waals surface area contributed by atoms with Crippen LogP contribution in [-0.4, -0.2) is 50.7 Å². The number of amides is 1. The molecule has 8 nitrogen and oxygen atoms in total. The normalized spacial score (nSPS) is 18.8. The summed E-state index contributed by atoms with van der Waals surface area (Å²) < 4.78 is 5.58. The molecule has 3 aromatic rings. The van der Waals surface area contributed by atoms with Crippen LogP contribution in [-0.2, 0) is 11.3 Å². The van der Waals surface area contributed by atoms with E-state index in [1.54, 1.807) is 24.5 Å². The van der Waals surface area contributed by atoms with Crippen LogP contribution < -0.4 is 5.32 Å². The zero-order valence-electron chi connectivity index (χ0n) is 17.4. The van der Waals surface area contributed by atoms with E-state index in [1.165, 1.54) is 0 Å². The minimum absolute atomic E-state index is 0.0536. The number of nitrogens with one attached hydrogen (secondary N) is 1. The fourth-order valence-electron chi connectivity index (χ4n) is 3.83. The number of benzene rings is 1. The van der Waals surface area contributed by atoms with Crippen LogP contribution in [0.5, 0.6) is 5.75 Å². The Morgan fingerprint density at radius 3 is 2.84 bits per heavy atom. The fraction of sp³-hybridized carbons (Fsp3) is 0.391. The zero-order chi connectivity index (χ0) is 21.5. The van der Waals surface area contributed by atoms with Crippen LogP contribution in [0.25, 0.3) is 11.4 Å². The minimum atomic E-state index is 0.0536. The average Bonchev–Trinajstić information content (AvgIpc) is 3.27. The molecule has 0 radical (unpaired) electrons. The molecule has 1 aliphatic rings. The highest BCUT2D eigenvalue weighted by molar-refractivity contribution is 5.76. The largest absolute Gasteiger partial charge is 0.508 e. The van der Waals surface area contributed by atoms with E-state index < -0.39 is 0 Å². The molecule has 1 saturated heterocycles. The molecule has 0 aliphatic carbocycles. The molecule has 0 bridgehead atoms. The van der Waals surface area contributed by atoms with E-state index in [9.17, 15) is 9.90 Å². The van der Waals surface area contributed by atoms with Crippen molar-refractivity contribution in [1.82, 2.24) is 25.3 Å². The molecule has 1 fully saturated rings. The van der Waals surface area contributed by atoms with E-state index in [0.717, 1.165) is 43.5 Å². The van der Waals surface area contributed by atoms with Gasteiger partial charge < -0.3 is 14.9 Å². The van der Waals surface area contributed by atoms with Crippen molar-refractivity contribution < 1.29 is 14.4 Å². The van der Waals surface area contributed by atoms with Gasteiger partial charge >= 0.3 is 0 Å². The van der Waals surface area contributed by atoms with Crippen LogP contribution in [0.3, 0.4) is 0 Å². The molecule has 0 spiro atoms. The van der Waals surface area contributed by atoms with Crippen molar-refractivity contribution >= 4 is 5.91 Å². The Morgan fingerprint density at radius 2 is 2.03 bits per heavy atom. The lowest BCUT2D eigenvalue weighted by atomic mass is 9.99. The fourth-order valence-corrected chi connectivity index (χ4v) is 3.83. The summed E-state index contributed by atoms with van der Waals surface area (Å²) in [5.74, 6) is 1.55. The molecule has 2 N–H and O–H groups in total. The lowest BCUT2D eigenvalue weighted by molar-refractivity contribution is -0.121. The van der Waals surface area contributed by atoms with E-state index in [4.69, 9.17) is 4.52 Å². The number of carbonyl (C=O) groups is 1. The maximum atomic E-state index is 12.3. The number of rotatable bonds is 4. The van der Waals surface area contributed by atoms with Gasteiger partial charge in [-0.25, -0.2) is 0 Å². The predicted octanol–water partition coefficient (Wildman–Crippen LogP) is 3.11. The molecule has 1 aromatic carbocycles. The van der Waals surface area contributed by atoms with Gasteiger partial charge in [0.1, 0.15) is 5.75 Å². The second-order valence-electron chi connectivity index (χ2n) is 7.87. The van der Waals surface area contributed by atoms with Gasteiger partial charge in [-0.05, 0) is 55.6 Å². The van der Waals surface area contributed by atoms with Crippen LogP contribution in [0, 0.1) is 0 Å². The van der Waals surface area contributed by atoms with E-state index in [1.807, 2.05) is 24.3 Å². The number of hydrogen-bond acceptors (Lipinski definition) is 7. The lowest BCUT2D eigenvalue weighted by Crippen LogP contribution is -2.31. The number of carbonyl (C=O) groups excluding carboxylic acids is 1. The highest BCUT2D eigenvalue weighted by atomic mass is 16.5. The summed E-state index contributed by atoms with van der Waals surface area (Å²) >= 11 is 0. The number of hydrogen-bond donors (Lipinski definition) is 2. The van der Waals surface area contributed by atoms with E-state index in [2.05, 4.69) is 25.3 Å². The molecule has 3 heterocycles. The summed E-state index contributed by atoms with van der Waals surface area (Å²) in [5.41, 5.74) is 1.94. The number of phenolic OH excluding ortho intramolecular Hbond substituents is 1. The highest BCUT2D eigenvalue weighted by Gasteiger charge is 2.21.